The third kappa shape index (κ3) is 5.19. The van der Waals surface area contributed by atoms with Gasteiger partial charge in [-0.1, -0.05) is 53.0 Å². The molecule has 0 aliphatic carbocycles. The van der Waals surface area contributed by atoms with E-state index in [1.165, 1.54) is 24.5 Å². The summed E-state index contributed by atoms with van der Waals surface area (Å²) in [5.41, 5.74) is 2.37. The zero-order valence-electron chi connectivity index (χ0n) is 15.0. The Morgan fingerprint density at radius 3 is 2.38 bits per heavy atom. The summed E-state index contributed by atoms with van der Waals surface area (Å²) in [4.78, 5) is 24.7. The molecule has 0 radical (unpaired) electrons. The van der Waals surface area contributed by atoms with Crippen LogP contribution >= 0.6 is 46.1 Å². The van der Waals surface area contributed by atoms with Crippen LogP contribution in [0.2, 0.25) is 15.1 Å². The van der Waals surface area contributed by atoms with E-state index in [4.69, 9.17) is 39.5 Å². The summed E-state index contributed by atoms with van der Waals surface area (Å²) >= 11 is 19.1. The molecule has 0 saturated carbocycles. The molecule has 1 heterocycles. The molecule has 1 N–H and O–H groups in total. The molecule has 0 aliphatic heterocycles. The molecular formula is C21H14Cl3NO3S. The molecule has 0 atom stereocenters. The molecule has 148 valence electrons. The first-order valence-corrected chi connectivity index (χ1v) is 10.3. The minimum atomic E-state index is -0.545. The van der Waals surface area contributed by atoms with Crippen LogP contribution in [0.15, 0.2) is 53.9 Å². The van der Waals surface area contributed by atoms with Crippen molar-refractivity contribution in [2.45, 2.75) is 0 Å². The lowest BCUT2D eigenvalue weighted by Crippen LogP contribution is -2.11. The van der Waals surface area contributed by atoms with Crippen molar-refractivity contribution < 1.29 is 14.3 Å². The van der Waals surface area contributed by atoms with Gasteiger partial charge in [0.05, 0.1) is 7.11 Å². The van der Waals surface area contributed by atoms with Crippen LogP contribution in [-0.4, -0.2) is 19.0 Å². The topological polar surface area (TPSA) is 55.4 Å². The van der Waals surface area contributed by atoms with Crippen LogP contribution < -0.4 is 5.32 Å². The van der Waals surface area contributed by atoms with Crippen LogP contribution in [0.1, 0.15) is 15.9 Å². The molecule has 1 amide bonds. The molecule has 2 aromatic carbocycles. The number of hydrogen-bond acceptors (Lipinski definition) is 4. The fourth-order valence-electron chi connectivity index (χ4n) is 2.55. The largest absolute Gasteiger partial charge is 0.465 e. The number of hydrogen-bond donors (Lipinski definition) is 1. The maximum atomic E-state index is 12.4. The molecule has 0 bridgehead atoms. The third-order valence-electron chi connectivity index (χ3n) is 3.95. The molecular weight excluding hydrogens is 453 g/mol. The minimum absolute atomic E-state index is 0.283. The van der Waals surface area contributed by atoms with Crippen LogP contribution in [0.4, 0.5) is 5.00 Å². The van der Waals surface area contributed by atoms with Gasteiger partial charge in [0.2, 0.25) is 5.91 Å². The maximum Gasteiger partial charge on any atom is 0.341 e. The van der Waals surface area contributed by atoms with Gasteiger partial charge in [0.15, 0.2) is 0 Å². The molecule has 0 unspecified atom stereocenters. The van der Waals surface area contributed by atoms with Crippen molar-refractivity contribution in [3.63, 3.8) is 0 Å². The van der Waals surface area contributed by atoms with E-state index in [1.54, 1.807) is 53.9 Å². The molecule has 29 heavy (non-hydrogen) atoms. The monoisotopic (exact) mass is 465 g/mol. The van der Waals surface area contributed by atoms with Gasteiger partial charge in [-0.25, -0.2) is 4.79 Å². The van der Waals surface area contributed by atoms with E-state index in [-0.39, 0.29) is 5.56 Å². The normalized spacial score (nSPS) is 10.9. The van der Waals surface area contributed by atoms with Crippen LogP contribution in [-0.2, 0) is 9.53 Å². The highest BCUT2D eigenvalue weighted by atomic mass is 35.5. The Labute approximate surface area is 186 Å². The Morgan fingerprint density at radius 1 is 1.03 bits per heavy atom. The van der Waals surface area contributed by atoms with Gasteiger partial charge in [-0.05, 0) is 41.5 Å². The van der Waals surface area contributed by atoms with Crippen molar-refractivity contribution in [3.05, 3.63) is 80.1 Å². The predicted octanol–water partition coefficient (Wildman–Crippen LogP) is 6.81. The number of amides is 1. The smallest absolute Gasteiger partial charge is 0.341 e. The van der Waals surface area contributed by atoms with Gasteiger partial charge < -0.3 is 10.1 Å². The quantitative estimate of drug-likeness (QED) is 0.332. The Kier molecular flexibility index (Phi) is 6.98. The van der Waals surface area contributed by atoms with Crippen LogP contribution in [0.5, 0.6) is 0 Å². The lowest BCUT2D eigenvalue weighted by Gasteiger charge is -2.07. The van der Waals surface area contributed by atoms with Crippen molar-refractivity contribution in [3.8, 4) is 11.1 Å². The number of benzene rings is 2. The molecule has 3 rings (SSSR count). The van der Waals surface area contributed by atoms with E-state index in [0.717, 1.165) is 5.56 Å². The van der Waals surface area contributed by atoms with Crippen LogP contribution in [0, 0.1) is 0 Å². The summed E-state index contributed by atoms with van der Waals surface area (Å²) in [6, 6.07) is 12.0. The lowest BCUT2D eigenvalue weighted by molar-refractivity contribution is -0.111. The van der Waals surface area contributed by atoms with Gasteiger partial charge in [-0.15, -0.1) is 11.3 Å². The van der Waals surface area contributed by atoms with Gasteiger partial charge in [-0.2, -0.15) is 0 Å². The summed E-state index contributed by atoms with van der Waals surface area (Å²) in [7, 11) is 1.29. The average molecular weight is 467 g/mol. The summed E-state index contributed by atoms with van der Waals surface area (Å²) in [6.45, 7) is 0. The van der Waals surface area contributed by atoms with Gasteiger partial charge in [-0.3, -0.25) is 4.79 Å². The molecule has 0 aliphatic rings. The lowest BCUT2D eigenvalue weighted by atomic mass is 10.0. The number of rotatable bonds is 5. The zero-order chi connectivity index (χ0) is 21.0. The first kappa shape index (κ1) is 21.4. The van der Waals surface area contributed by atoms with Crippen molar-refractivity contribution in [2.75, 3.05) is 12.4 Å². The Hall–Kier alpha value is -2.31. The van der Waals surface area contributed by atoms with Gasteiger partial charge >= 0.3 is 5.97 Å². The zero-order valence-corrected chi connectivity index (χ0v) is 18.1. The fraction of sp³-hybridized carbons (Fsp3) is 0.0476. The van der Waals surface area contributed by atoms with Crippen molar-refractivity contribution in [1.82, 2.24) is 0 Å². The molecule has 0 spiro atoms. The number of thiophene rings is 1. The van der Waals surface area contributed by atoms with Crippen molar-refractivity contribution >= 4 is 69.1 Å². The highest BCUT2D eigenvalue weighted by Crippen LogP contribution is 2.36. The number of nitrogens with one attached hydrogen (secondary N) is 1. The number of ether oxygens (including phenoxy) is 1. The number of methoxy groups -OCH3 is 1. The number of anilines is 1. The molecule has 8 heteroatoms. The van der Waals surface area contributed by atoms with E-state index >= 15 is 0 Å². The third-order valence-corrected chi connectivity index (χ3v) is 5.66. The van der Waals surface area contributed by atoms with E-state index in [0.29, 0.717) is 31.2 Å². The van der Waals surface area contributed by atoms with Crippen molar-refractivity contribution in [2.24, 2.45) is 0 Å². The highest BCUT2D eigenvalue weighted by Gasteiger charge is 2.22. The standard InChI is InChI=1S/C21H14Cl3NO3S/c1-28-21(27)19-16(12-2-6-14(22)7-3-12)11-29-20(19)25-18(26)9-5-13-4-8-15(23)10-17(13)24/h2-11H,1H3,(H,25,26). The minimum Gasteiger partial charge on any atom is -0.465 e. The summed E-state index contributed by atoms with van der Waals surface area (Å²) in [5, 5.41) is 6.42. The van der Waals surface area contributed by atoms with Crippen LogP contribution in [0.3, 0.4) is 0 Å². The van der Waals surface area contributed by atoms with E-state index in [9.17, 15) is 9.59 Å². The fourth-order valence-corrected chi connectivity index (χ4v) is 4.11. The molecule has 3 aromatic rings. The maximum absolute atomic E-state index is 12.4. The average Bonchev–Trinajstić information content (AvgIpc) is 3.10. The number of halogens is 3. The Morgan fingerprint density at radius 2 is 1.72 bits per heavy atom. The SMILES string of the molecule is COC(=O)c1c(-c2ccc(Cl)cc2)csc1NC(=O)C=Cc1ccc(Cl)cc1Cl. The van der Waals surface area contributed by atoms with Crippen molar-refractivity contribution in [1.29, 1.82) is 0 Å². The highest BCUT2D eigenvalue weighted by molar-refractivity contribution is 7.15. The molecule has 0 saturated heterocycles. The predicted molar refractivity (Wildman–Crippen MR) is 120 cm³/mol. The van der Waals surface area contributed by atoms with Gasteiger partial charge in [0.1, 0.15) is 10.6 Å². The van der Waals surface area contributed by atoms with E-state index in [2.05, 4.69) is 5.32 Å². The summed E-state index contributed by atoms with van der Waals surface area (Å²) in [6.07, 6.45) is 2.90. The van der Waals surface area contributed by atoms with Gasteiger partial charge in [0.25, 0.3) is 0 Å². The second-order valence-corrected chi connectivity index (χ2v) is 8.00. The summed E-state index contributed by atoms with van der Waals surface area (Å²) in [5.74, 6) is -0.957. The molecule has 1 aromatic heterocycles. The Balaban J connectivity index is 1.86. The van der Waals surface area contributed by atoms with Gasteiger partial charge in [0, 0.05) is 32.1 Å². The molecule has 0 fully saturated rings. The number of carbonyl (C=O) groups is 2. The second-order valence-electron chi connectivity index (χ2n) is 5.84. The molecule has 4 nitrogen and oxygen atoms in total. The van der Waals surface area contributed by atoms with E-state index in [1.807, 2.05) is 0 Å². The first-order chi connectivity index (χ1) is 13.9. The number of esters is 1. The van der Waals surface area contributed by atoms with Crippen LogP contribution in [0.25, 0.3) is 17.2 Å². The van der Waals surface area contributed by atoms with E-state index < -0.39 is 11.9 Å². The first-order valence-electron chi connectivity index (χ1n) is 8.29. The number of carbonyl (C=O) groups excluding carboxylic acids is 2. The Bertz CT molecular complexity index is 1090. The second kappa shape index (κ2) is 9.46. The summed E-state index contributed by atoms with van der Waals surface area (Å²) < 4.78 is 4.90.